The van der Waals surface area contributed by atoms with Gasteiger partial charge in [0.1, 0.15) is 5.75 Å². The van der Waals surface area contributed by atoms with Gasteiger partial charge in [0.15, 0.2) is 0 Å². The molecule has 0 radical (unpaired) electrons. The second-order valence-electron chi connectivity index (χ2n) is 3.47. The Morgan fingerprint density at radius 2 is 2.00 bits per heavy atom. The molecule has 1 aromatic rings. The summed E-state index contributed by atoms with van der Waals surface area (Å²) in [6.45, 7) is 3.80. The number of aliphatic hydroxyl groups is 1. The zero-order valence-electron chi connectivity index (χ0n) is 8.83. The standard InChI is InChI=1S/C11H17NO2/c1-7-4-5-9(10(6-13)12-3)11(14)8(7)2/h4-5,10,12-14H,6H2,1-3H3/t10-/m1/s1. The highest BCUT2D eigenvalue weighted by Gasteiger charge is 2.14. The summed E-state index contributed by atoms with van der Waals surface area (Å²) in [7, 11) is 1.76. The van der Waals surface area contributed by atoms with Crippen LogP contribution in [0.1, 0.15) is 22.7 Å². The van der Waals surface area contributed by atoms with Gasteiger partial charge in [0.2, 0.25) is 0 Å². The van der Waals surface area contributed by atoms with Crippen LogP contribution in [0.2, 0.25) is 0 Å². The van der Waals surface area contributed by atoms with Crippen molar-refractivity contribution in [1.29, 1.82) is 0 Å². The van der Waals surface area contributed by atoms with Crippen LogP contribution in [0, 0.1) is 13.8 Å². The molecule has 0 unspecified atom stereocenters. The van der Waals surface area contributed by atoms with Crippen molar-refractivity contribution in [2.24, 2.45) is 0 Å². The maximum absolute atomic E-state index is 9.86. The van der Waals surface area contributed by atoms with Gasteiger partial charge in [-0.2, -0.15) is 0 Å². The van der Waals surface area contributed by atoms with Crippen molar-refractivity contribution >= 4 is 0 Å². The van der Waals surface area contributed by atoms with E-state index >= 15 is 0 Å². The molecule has 0 saturated heterocycles. The molecular formula is C11H17NO2. The van der Waals surface area contributed by atoms with Crippen molar-refractivity contribution < 1.29 is 10.2 Å². The summed E-state index contributed by atoms with van der Waals surface area (Å²) in [5, 5.41) is 21.9. The quantitative estimate of drug-likeness (QED) is 0.680. The Labute approximate surface area is 84.4 Å². The maximum atomic E-state index is 9.86. The number of aryl methyl sites for hydroxylation is 1. The molecule has 0 aliphatic heterocycles. The van der Waals surface area contributed by atoms with Gasteiger partial charge in [-0.3, -0.25) is 0 Å². The molecule has 3 nitrogen and oxygen atoms in total. The Kier molecular flexibility index (Phi) is 3.49. The van der Waals surface area contributed by atoms with E-state index in [2.05, 4.69) is 5.32 Å². The van der Waals surface area contributed by atoms with Gasteiger partial charge in [-0.25, -0.2) is 0 Å². The second kappa shape index (κ2) is 4.44. The van der Waals surface area contributed by atoms with Gasteiger partial charge in [-0.15, -0.1) is 0 Å². The fraction of sp³-hybridized carbons (Fsp3) is 0.455. The van der Waals surface area contributed by atoms with E-state index in [1.54, 1.807) is 7.05 Å². The van der Waals surface area contributed by atoms with E-state index in [4.69, 9.17) is 5.11 Å². The largest absolute Gasteiger partial charge is 0.507 e. The summed E-state index contributed by atoms with van der Waals surface area (Å²) < 4.78 is 0. The van der Waals surface area contributed by atoms with Crippen LogP contribution in [0.3, 0.4) is 0 Å². The molecule has 3 heteroatoms. The first-order chi connectivity index (χ1) is 6.61. The number of hydrogen-bond donors (Lipinski definition) is 3. The zero-order chi connectivity index (χ0) is 10.7. The molecule has 0 saturated carbocycles. The molecule has 78 valence electrons. The third-order valence-corrected chi connectivity index (χ3v) is 2.64. The van der Waals surface area contributed by atoms with Gasteiger partial charge >= 0.3 is 0 Å². The number of phenols is 1. The highest BCUT2D eigenvalue weighted by molar-refractivity contribution is 5.45. The van der Waals surface area contributed by atoms with Crippen molar-refractivity contribution in [3.8, 4) is 5.75 Å². The van der Waals surface area contributed by atoms with Gasteiger partial charge in [0.25, 0.3) is 0 Å². The number of benzene rings is 1. The van der Waals surface area contributed by atoms with Crippen LogP contribution in [0.4, 0.5) is 0 Å². The highest BCUT2D eigenvalue weighted by Crippen LogP contribution is 2.29. The molecule has 0 aliphatic rings. The zero-order valence-corrected chi connectivity index (χ0v) is 8.83. The molecule has 0 heterocycles. The van der Waals surface area contributed by atoms with Crippen molar-refractivity contribution in [3.05, 3.63) is 28.8 Å². The van der Waals surface area contributed by atoms with Crippen LogP contribution in [-0.4, -0.2) is 23.9 Å². The van der Waals surface area contributed by atoms with E-state index in [0.29, 0.717) is 0 Å². The van der Waals surface area contributed by atoms with Crippen LogP contribution in [-0.2, 0) is 0 Å². The van der Waals surface area contributed by atoms with E-state index in [9.17, 15) is 5.11 Å². The van der Waals surface area contributed by atoms with Crippen LogP contribution >= 0.6 is 0 Å². The first-order valence-corrected chi connectivity index (χ1v) is 4.69. The highest BCUT2D eigenvalue weighted by atomic mass is 16.3. The maximum Gasteiger partial charge on any atom is 0.123 e. The van der Waals surface area contributed by atoms with E-state index < -0.39 is 0 Å². The molecule has 1 rings (SSSR count). The van der Waals surface area contributed by atoms with Crippen LogP contribution in [0.25, 0.3) is 0 Å². The van der Waals surface area contributed by atoms with Crippen molar-refractivity contribution in [2.75, 3.05) is 13.7 Å². The number of hydrogen-bond acceptors (Lipinski definition) is 3. The van der Waals surface area contributed by atoms with Gasteiger partial charge in [-0.1, -0.05) is 12.1 Å². The number of phenolic OH excluding ortho intramolecular Hbond substituents is 1. The lowest BCUT2D eigenvalue weighted by atomic mass is 10.00. The Morgan fingerprint density at radius 1 is 1.36 bits per heavy atom. The minimum Gasteiger partial charge on any atom is -0.507 e. The first-order valence-electron chi connectivity index (χ1n) is 4.69. The third kappa shape index (κ3) is 1.89. The normalized spacial score (nSPS) is 12.9. The molecule has 14 heavy (non-hydrogen) atoms. The lowest BCUT2D eigenvalue weighted by Gasteiger charge is -2.17. The molecule has 0 spiro atoms. The molecule has 3 N–H and O–H groups in total. The van der Waals surface area contributed by atoms with Crippen molar-refractivity contribution in [1.82, 2.24) is 5.32 Å². The van der Waals surface area contributed by atoms with E-state index in [1.165, 1.54) is 0 Å². The monoisotopic (exact) mass is 195 g/mol. The van der Waals surface area contributed by atoms with Gasteiger partial charge in [0.05, 0.1) is 12.6 Å². The fourth-order valence-electron chi connectivity index (χ4n) is 1.45. The van der Waals surface area contributed by atoms with Crippen molar-refractivity contribution in [2.45, 2.75) is 19.9 Å². The van der Waals surface area contributed by atoms with Crippen molar-refractivity contribution in [3.63, 3.8) is 0 Å². The summed E-state index contributed by atoms with van der Waals surface area (Å²) >= 11 is 0. The molecule has 0 aromatic heterocycles. The van der Waals surface area contributed by atoms with Gasteiger partial charge < -0.3 is 15.5 Å². The second-order valence-corrected chi connectivity index (χ2v) is 3.47. The third-order valence-electron chi connectivity index (χ3n) is 2.64. The molecule has 1 aromatic carbocycles. The molecular weight excluding hydrogens is 178 g/mol. The Hall–Kier alpha value is -1.06. The molecule has 0 aliphatic carbocycles. The molecule has 0 bridgehead atoms. The summed E-state index contributed by atoms with van der Waals surface area (Å²) in [5.74, 6) is 0.276. The van der Waals surface area contributed by atoms with Crippen LogP contribution in [0.15, 0.2) is 12.1 Å². The first kappa shape index (κ1) is 11.0. The van der Waals surface area contributed by atoms with E-state index in [0.717, 1.165) is 16.7 Å². The van der Waals surface area contributed by atoms with E-state index in [1.807, 2.05) is 26.0 Å². The topological polar surface area (TPSA) is 52.5 Å². The minimum absolute atomic E-state index is 0.0213. The lowest BCUT2D eigenvalue weighted by Crippen LogP contribution is -2.20. The Bertz CT molecular complexity index is 319. The lowest BCUT2D eigenvalue weighted by molar-refractivity contribution is 0.248. The Balaban J connectivity index is 3.16. The van der Waals surface area contributed by atoms with Crippen LogP contribution in [0.5, 0.6) is 5.75 Å². The smallest absolute Gasteiger partial charge is 0.123 e. The Morgan fingerprint density at radius 3 is 2.50 bits per heavy atom. The predicted octanol–water partition coefficient (Wildman–Crippen LogP) is 1.26. The molecule has 1 atom stereocenters. The minimum atomic E-state index is -0.200. The number of nitrogens with one attached hydrogen (secondary N) is 1. The number of aliphatic hydroxyl groups excluding tert-OH is 1. The summed E-state index contributed by atoms with van der Waals surface area (Å²) in [6, 6.07) is 3.59. The fourth-order valence-corrected chi connectivity index (χ4v) is 1.45. The number of likely N-dealkylation sites (N-methyl/N-ethyl adjacent to an activating group) is 1. The van der Waals surface area contributed by atoms with Crippen LogP contribution < -0.4 is 5.32 Å². The SMILES string of the molecule is CN[C@H](CO)c1ccc(C)c(C)c1O. The number of rotatable bonds is 3. The molecule has 0 amide bonds. The average Bonchev–Trinajstić information content (AvgIpc) is 2.19. The predicted molar refractivity (Wildman–Crippen MR) is 56.5 cm³/mol. The van der Waals surface area contributed by atoms with Gasteiger partial charge in [0, 0.05) is 5.56 Å². The summed E-state index contributed by atoms with van der Waals surface area (Å²) in [6.07, 6.45) is 0. The number of aromatic hydroxyl groups is 1. The van der Waals surface area contributed by atoms with Gasteiger partial charge in [-0.05, 0) is 32.0 Å². The average molecular weight is 195 g/mol. The molecule has 0 fully saturated rings. The summed E-state index contributed by atoms with van der Waals surface area (Å²) in [5.41, 5.74) is 2.67. The summed E-state index contributed by atoms with van der Waals surface area (Å²) in [4.78, 5) is 0. The van der Waals surface area contributed by atoms with E-state index in [-0.39, 0.29) is 18.4 Å².